The van der Waals surface area contributed by atoms with Crippen LogP contribution in [0.3, 0.4) is 0 Å². The Morgan fingerprint density at radius 2 is 1.76 bits per heavy atom. The molecule has 0 bridgehead atoms. The number of fused-ring (bicyclic) bond motifs is 2. The summed E-state index contributed by atoms with van der Waals surface area (Å²) in [5.41, 5.74) is 1.77. The first kappa shape index (κ1) is 24.9. The molecule has 192 valence electrons. The molecule has 3 aromatic carbocycles. The fourth-order valence-electron chi connectivity index (χ4n) is 4.28. The molecule has 1 unspecified atom stereocenters. The van der Waals surface area contributed by atoms with Gasteiger partial charge in [-0.25, -0.2) is 13.2 Å². The van der Waals surface area contributed by atoms with Crippen molar-refractivity contribution in [2.24, 2.45) is 0 Å². The zero-order valence-electron chi connectivity index (χ0n) is 18.8. The Hall–Kier alpha value is -3.77. The second-order valence-corrected chi connectivity index (χ2v) is 10.5. The Morgan fingerprint density at radius 3 is 2.51 bits per heavy atom. The van der Waals surface area contributed by atoms with Crippen molar-refractivity contribution in [1.82, 2.24) is 0 Å². The number of esters is 1. The minimum absolute atomic E-state index is 0.0697. The van der Waals surface area contributed by atoms with Crippen LogP contribution in [0.5, 0.6) is 0 Å². The van der Waals surface area contributed by atoms with Gasteiger partial charge in [0, 0.05) is 17.8 Å². The molecule has 2 aliphatic rings. The molecule has 0 aromatic heterocycles. The number of sulfonamides is 1. The predicted octanol–water partition coefficient (Wildman–Crippen LogP) is 4.74. The van der Waals surface area contributed by atoms with Crippen LogP contribution in [0.2, 0.25) is 5.02 Å². The van der Waals surface area contributed by atoms with Crippen molar-refractivity contribution in [2.75, 3.05) is 21.1 Å². The summed E-state index contributed by atoms with van der Waals surface area (Å²) in [5.74, 6) is -2.84. The third kappa shape index (κ3) is 4.36. The smallest absolute Gasteiger partial charge is 0.415 e. The van der Waals surface area contributed by atoms with Crippen molar-refractivity contribution < 1.29 is 31.1 Å². The lowest BCUT2D eigenvalue weighted by atomic mass is 10.1. The van der Waals surface area contributed by atoms with Gasteiger partial charge in [-0.05, 0) is 48.4 Å². The molecular formula is C24H18ClF3N4O4S. The van der Waals surface area contributed by atoms with E-state index in [2.05, 4.69) is 10.1 Å². The number of anilines is 3. The molecule has 0 saturated carbocycles. The lowest BCUT2D eigenvalue weighted by molar-refractivity contribution is -0.203. The zero-order chi connectivity index (χ0) is 26.5. The Morgan fingerprint density at radius 1 is 1.05 bits per heavy atom. The average molecular weight is 551 g/mol. The lowest BCUT2D eigenvalue weighted by Crippen LogP contribution is -2.52. The first-order chi connectivity index (χ1) is 17.5. The monoisotopic (exact) mass is 550 g/mol. The van der Waals surface area contributed by atoms with Crippen molar-refractivity contribution in [3.8, 4) is 0 Å². The van der Waals surface area contributed by atoms with E-state index in [0.29, 0.717) is 12.1 Å². The molecule has 0 aliphatic carbocycles. The van der Waals surface area contributed by atoms with E-state index in [1.54, 1.807) is 24.3 Å². The fourth-order valence-corrected chi connectivity index (χ4v) is 6.01. The van der Waals surface area contributed by atoms with Crippen LogP contribution >= 0.6 is 11.6 Å². The summed E-state index contributed by atoms with van der Waals surface area (Å²) in [5, 5.41) is 11.3. The van der Waals surface area contributed by atoms with Gasteiger partial charge in [-0.15, -0.1) is 0 Å². The molecule has 2 N–H and O–H groups in total. The van der Waals surface area contributed by atoms with E-state index in [4.69, 9.17) is 17.0 Å². The number of halogens is 4. The molecule has 37 heavy (non-hydrogen) atoms. The van der Waals surface area contributed by atoms with E-state index in [1.165, 1.54) is 28.6 Å². The molecule has 13 heteroatoms. The van der Waals surface area contributed by atoms with Crippen molar-refractivity contribution in [3.05, 3.63) is 82.9 Å². The molecular weight excluding hydrogens is 533 g/mol. The standard InChI is InChI=1S/C24H18ClF3N4O4S/c25-17-10-9-15(37(34,35)31-12-11-14-5-1-4-8-19(14)31)13-20(17)32-21(29)16-6-2-3-7-18(16)30-23(32)36-22(33)24(26,27)28/h1-10,13,23,29-30H,11-12H2. The van der Waals surface area contributed by atoms with Crippen molar-refractivity contribution in [1.29, 1.82) is 5.41 Å². The molecule has 0 spiro atoms. The van der Waals surface area contributed by atoms with Gasteiger partial charge in [0.1, 0.15) is 5.84 Å². The number of hydrogen-bond donors (Lipinski definition) is 2. The van der Waals surface area contributed by atoms with Gasteiger partial charge in [0.15, 0.2) is 0 Å². The molecule has 0 fully saturated rings. The number of alkyl halides is 3. The molecule has 2 heterocycles. The summed E-state index contributed by atoms with van der Waals surface area (Å²) in [4.78, 5) is 12.4. The van der Waals surface area contributed by atoms with Gasteiger partial charge in [-0.1, -0.05) is 41.9 Å². The summed E-state index contributed by atoms with van der Waals surface area (Å²) >= 11 is 6.37. The summed E-state index contributed by atoms with van der Waals surface area (Å²) in [6.45, 7) is 0.208. The second-order valence-electron chi connectivity index (χ2n) is 8.23. The van der Waals surface area contributed by atoms with Crippen LogP contribution in [0.25, 0.3) is 0 Å². The number of nitrogens with one attached hydrogen (secondary N) is 2. The van der Waals surface area contributed by atoms with Crippen LogP contribution in [-0.4, -0.2) is 39.3 Å². The van der Waals surface area contributed by atoms with Gasteiger partial charge in [0.2, 0.25) is 0 Å². The summed E-state index contributed by atoms with van der Waals surface area (Å²) in [6, 6.07) is 17.0. The number of rotatable bonds is 4. The van der Waals surface area contributed by atoms with Crippen LogP contribution in [0.4, 0.5) is 30.2 Å². The highest BCUT2D eigenvalue weighted by Crippen LogP contribution is 2.38. The molecule has 0 radical (unpaired) electrons. The van der Waals surface area contributed by atoms with Gasteiger partial charge < -0.3 is 10.1 Å². The highest BCUT2D eigenvalue weighted by atomic mass is 35.5. The molecule has 0 saturated heterocycles. The fraction of sp³-hybridized carbons (Fsp3) is 0.167. The van der Waals surface area contributed by atoms with E-state index < -0.39 is 28.5 Å². The number of nitrogens with zero attached hydrogens (tertiary/aromatic N) is 2. The Bertz CT molecular complexity index is 1530. The van der Waals surface area contributed by atoms with E-state index in [0.717, 1.165) is 16.5 Å². The van der Waals surface area contributed by atoms with Crippen LogP contribution < -0.4 is 14.5 Å². The van der Waals surface area contributed by atoms with E-state index in [9.17, 15) is 26.4 Å². The topological polar surface area (TPSA) is 103 Å². The maximum absolute atomic E-state index is 13.6. The minimum atomic E-state index is -5.30. The van der Waals surface area contributed by atoms with Gasteiger partial charge >= 0.3 is 12.1 Å². The quantitative estimate of drug-likeness (QED) is 0.455. The number of ether oxygens (including phenoxy) is 1. The van der Waals surface area contributed by atoms with E-state index in [1.807, 2.05) is 12.1 Å². The molecule has 5 rings (SSSR count). The number of amidine groups is 1. The normalized spacial score (nSPS) is 17.2. The maximum Gasteiger partial charge on any atom is 0.491 e. The molecule has 1 atom stereocenters. The predicted molar refractivity (Wildman–Crippen MR) is 131 cm³/mol. The SMILES string of the molecule is N=C1c2ccccc2NC(OC(=O)C(F)(F)F)N1c1cc(S(=O)(=O)N2CCc3ccccc32)ccc1Cl. The number of carbonyl (C=O) groups excluding carboxylic acids is 1. The van der Waals surface area contributed by atoms with Crippen molar-refractivity contribution >= 4 is 50.5 Å². The zero-order valence-corrected chi connectivity index (χ0v) is 20.4. The average Bonchev–Trinajstić information content (AvgIpc) is 3.29. The van der Waals surface area contributed by atoms with Gasteiger partial charge in [-0.2, -0.15) is 13.2 Å². The number of benzene rings is 3. The second kappa shape index (κ2) is 8.96. The molecule has 3 aromatic rings. The molecule has 8 nitrogen and oxygen atoms in total. The van der Waals surface area contributed by atoms with Crippen molar-refractivity contribution in [2.45, 2.75) is 23.8 Å². The molecule has 0 amide bonds. The maximum atomic E-state index is 13.6. The summed E-state index contributed by atoms with van der Waals surface area (Å²) < 4.78 is 72.2. The summed E-state index contributed by atoms with van der Waals surface area (Å²) in [7, 11) is -4.10. The Labute approximate surface area is 214 Å². The highest BCUT2D eigenvalue weighted by molar-refractivity contribution is 7.92. The van der Waals surface area contributed by atoms with E-state index >= 15 is 0 Å². The van der Waals surface area contributed by atoms with Gasteiger partial charge in [0.25, 0.3) is 16.4 Å². The Kier molecular flexibility index (Phi) is 6.03. The highest BCUT2D eigenvalue weighted by Gasteiger charge is 2.45. The third-order valence-electron chi connectivity index (χ3n) is 6.00. The largest absolute Gasteiger partial charge is 0.491 e. The lowest BCUT2D eigenvalue weighted by Gasteiger charge is -2.39. The summed E-state index contributed by atoms with van der Waals surface area (Å²) in [6.07, 6.45) is -6.62. The number of para-hydroxylation sites is 2. The molecule has 2 aliphatic heterocycles. The van der Waals surface area contributed by atoms with Crippen LogP contribution in [-0.2, 0) is 26.0 Å². The number of carbonyl (C=O) groups is 1. The third-order valence-corrected chi connectivity index (χ3v) is 8.13. The van der Waals surface area contributed by atoms with Crippen molar-refractivity contribution in [3.63, 3.8) is 0 Å². The number of hydrogen-bond acceptors (Lipinski definition) is 6. The van der Waals surface area contributed by atoms with Gasteiger partial charge in [0.05, 0.1) is 21.3 Å². The van der Waals surface area contributed by atoms with Crippen LogP contribution in [0.15, 0.2) is 71.6 Å². The first-order valence-electron chi connectivity index (χ1n) is 10.9. The van der Waals surface area contributed by atoms with E-state index in [-0.39, 0.29) is 39.2 Å². The van der Waals surface area contributed by atoms with Crippen LogP contribution in [0, 0.1) is 5.41 Å². The Balaban J connectivity index is 1.59. The first-order valence-corrected chi connectivity index (χ1v) is 12.7. The van der Waals surface area contributed by atoms with Crippen LogP contribution in [0.1, 0.15) is 11.1 Å². The minimum Gasteiger partial charge on any atom is -0.415 e. The van der Waals surface area contributed by atoms with Gasteiger partial charge in [-0.3, -0.25) is 14.6 Å².